The Balaban J connectivity index is 3.06. The molecular formula is C13H20N4O. The summed E-state index contributed by atoms with van der Waals surface area (Å²) in [5.74, 6) is -0.0386. The van der Waals surface area contributed by atoms with Crippen LogP contribution < -0.4 is 0 Å². The number of nitriles is 1. The van der Waals surface area contributed by atoms with Crippen molar-refractivity contribution in [3.8, 4) is 6.07 Å². The molecule has 0 aliphatic carbocycles. The quantitative estimate of drug-likeness (QED) is 0.816. The van der Waals surface area contributed by atoms with E-state index >= 15 is 0 Å². The van der Waals surface area contributed by atoms with Crippen LogP contribution in [0.25, 0.3) is 0 Å². The van der Waals surface area contributed by atoms with Crippen molar-refractivity contribution in [2.24, 2.45) is 7.05 Å². The smallest absolute Gasteiger partial charge is 0.257 e. The Morgan fingerprint density at radius 2 is 2.11 bits per heavy atom. The molecule has 0 atom stereocenters. The lowest BCUT2D eigenvalue weighted by Crippen LogP contribution is -2.38. The number of aryl methyl sites for hydroxylation is 2. The molecule has 0 aliphatic heterocycles. The maximum atomic E-state index is 12.5. The fraction of sp³-hybridized carbons (Fsp3) is 0.615. The average molecular weight is 248 g/mol. The van der Waals surface area contributed by atoms with Crippen LogP contribution in [0, 0.1) is 25.2 Å². The fourth-order valence-electron chi connectivity index (χ4n) is 1.99. The van der Waals surface area contributed by atoms with Gasteiger partial charge < -0.3 is 4.90 Å². The van der Waals surface area contributed by atoms with Gasteiger partial charge in [-0.1, -0.05) is 0 Å². The van der Waals surface area contributed by atoms with Gasteiger partial charge in [-0.3, -0.25) is 9.48 Å². The van der Waals surface area contributed by atoms with Crippen LogP contribution in [-0.4, -0.2) is 33.2 Å². The minimum Gasteiger partial charge on any atom is -0.335 e. The van der Waals surface area contributed by atoms with Crippen molar-refractivity contribution in [1.82, 2.24) is 14.7 Å². The zero-order valence-electron chi connectivity index (χ0n) is 11.7. The van der Waals surface area contributed by atoms with Crippen molar-refractivity contribution in [2.45, 2.75) is 40.2 Å². The monoisotopic (exact) mass is 248 g/mol. The standard InChI is InChI=1S/C13H20N4O/c1-9(2)17(8-6-7-14)13(18)12-10(3)15-16(5)11(12)4/h9H,6,8H2,1-5H3. The van der Waals surface area contributed by atoms with Gasteiger partial charge in [-0.05, 0) is 27.7 Å². The first kappa shape index (κ1) is 14.2. The van der Waals surface area contributed by atoms with E-state index in [1.165, 1.54) is 0 Å². The van der Waals surface area contributed by atoms with Gasteiger partial charge in [0.25, 0.3) is 5.91 Å². The molecule has 1 rings (SSSR count). The van der Waals surface area contributed by atoms with E-state index in [4.69, 9.17) is 5.26 Å². The lowest BCUT2D eigenvalue weighted by Gasteiger charge is -2.26. The van der Waals surface area contributed by atoms with E-state index in [9.17, 15) is 4.79 Å². The van der Waals surface area contributed by atoms with Gasteiger partial charge in [-0.25, -0.2) is 0 Å². The number of amides is 1. The molecule has 0 saturated heterocycles. The van der Waals surface area contributed by atoms with E-state index in [0.717, 1.165) is 11.4 Å². The molecule has 5 heteroatoms. The summed E-state index contributed by atoms with van der Waals surface area (Å²) in [5, 5.41) is 12.9. The van der Waals surface area contributed by atoms with Crippen molar-refractivity contribution in [3.63, 3.8) is 0 Å². The van der Waals surface area contributed by atoms with E-state index in [1.807, 2.05) is 34.7 Å². The van der Waals surface area contributed by atoms with Crippen LogP contribution in [0.2, 0.25) is 0 Å². The Bertz CT molecular complexity index is 482. The van der Waals surface area contributed by atoms with Crippen LogP contribution in [0.3, 0.4) is 0 Å². The highest BCUT2D eigenvalue weighted by molar-refractivity contribution is 5.96. The number of hydrogen-bond donors (Lipinski definition) is 0. The molecule has 0 spiro atoms. The van der Waals surface area contributed by atoms with Crippen LogP contribution in [0.5, 0.6) is 0 Å². The minimum absolute atomic E-state index is 0.0386. The number of nitrogens with zero attached hydrogens (tertiary/aromatic N) is 4. The number of carbonyl (C=O) groups is 1. The molecule has 0 fully saturated rings. The van der Waals surface area contributed by atoms with Crippen molar-refractivity contribution >= 4 is 5.91 Å². The third kappa shape index (κ3) is 2.70. The molecule has 0 radical (unpaired) electrons. The van der Waals surface area contributed by atoms with Gasteiger partial charge in [0.2, 0.25) is 0 Å². The molecule has 18 heavy (non-hydrogen) atoms. The molecule has 0 aromatic carbocycles. The van der Waals surface area contributed by atoms with Gasteiger partial charge in [0, 0.05) is 25.3 Å². The van der Waals surface area contributed by atoms with E-state index < -0.39 is 0 Å². The lowest BCUT2D eigenvalue weighted by atomic mass is 10.1. The Kier molecular flexibility index (Phi) is 4.49. The van der Waals surface area contributed by atoms with Gasteiger partial charge >= 0.3 is 0 Å². The lowest BCUT2D eigenvalue weighted by molar-refractivity contribution is 0.0708. The summed E-state index contributed by atoms with van der Waals surface area (Å²) in [6.07, 6.45) is 0.349. The first-order valence-electron chi connectivity index (χ1n) is 6.08. The molecule has 0 saturated carbocycles. The third-order valence-corrected chi connectivity index (χ3v) is 3.07. The van der Waals surface area contributed by atoms with Gasteiger partial charge in [0.05, 0.1) is 23.7 Å². The molecule has 1 aromatic heterocycles. The van der Waals surface area contributed by atoms with E-state index in [-0.39, 0.29) is 11.9 Å². The number of rotatable bonds is 4. The Hall–Kier alpha value is -1.83. The van der Waals surface area contributed by atoms with Crippen LogP contribution in [0.1, 0.15) is 42.0 Å². The second-order valence-electron chi connectivity index (χ2n) is 4.67. The zero-order chi connectivity index (χ0) is 13.9. The molecule has 1 amide bonds. The van der Waals surface area contributed by atoms with Crippen LogP contribution in [-0.2, 0) is 7.05 Å². The van der Waals surface area contributed by atoms with Gasteiger partial charge in [0.1, 0.15) is 0 Å². The largest absolute Gasteiger partial charge is 0.335 e. The Morgan fingerprint density at radius 3 is 2.50 bits per heavy atom. The molecule has 0 aliphatic rings. The summed E-state index contributed by atoms with van der Waals surface area (Å²) in [6, 6.07) is 2.15. The number of aromatic nitrogens is 2. The molecule has 0 N–H and O–H groups in total. The first-order valence-corrected chi connectivity index (χ1v) is 6.08. The van der Waals surface area contributed by atoms with Gasteiger partial charge in [-0.15, -0.1) is 0 Å². The van der Waals surface area contributed by atoms with Crippen LogP contribution in [0.4, 0.5) is 0 Å². The summed E-state index contributed by atoms with van der Waals surface area (Å²) in [7, 11) is 1.83. The summed E-state index contributed by atoms with van der Waals surface area (Å²) in [5.41, 5.74) is 2.26. The summed E-state index contributed by atoms with van der Waals surface area (Å²) in [6.45, 7) is 8.09. The third-order valence-electron chi connectivity index (χ3n) is 3.07. The Morgan fingerprint density at radius 1 is 1.50 bits per heavy atom. The summed E-state index contributed by atoms with van der Waals surface area (Å²) in [4.78, 5) is 14.2. The summed E-state index contributed by atoms with van der Waals surface area (Å²) >= 11 is 0. The van der Waals surface area contributed by atoms with E-state index in [1.54, 1.807) is 9.58 Å². The molecule has 0 unspecified atom stereocenters. The topological polar surface area (TPSA) is 61.9 Å². The second kappa shape index (κ2) is 5.67. The SMILES string of the molecule is Cc1nn(C)c(C)c1C(=O)N(CCC#N)C(C)C. The maximum Gasteiger partial charge on any atom is 0.257 e. The highest BCUT2D eigenvalue weighted by Crippen LogP contribution is 2.16. The second-order valence-corrected chi connectivity index (χ2v) is 4.67. The molecule has 1 heterocycles. The normalized spacial score (nSPS) is 10.5. The predicted molar refractivity (Wildman–Crippen MR) is 69.1 cm³/mol. The summed E-state index contributed by atoms with van der Waals surface area (Å²) < 4.78 is 1.71. The van der Waals surface area contributed by atoms with Crippen LogP contribution >= 0.6 is 0 Å². The molecule has 1 aromatic rings. The fourth-order valence-corrected chi connectivity index (χ4v) is 1.99. The predicted octanol–water partition coefficient (Wildman–Crippen LogP) is 1.80. The van der Waals surface area contributed by atoms with Crippen molar-refractivity contribution in [2.75, 3.05) is 6.54 Å². The molecule has 98 valence electrons. The van der Waals surface area contributed by atoms with Crippen molar-refractivity contribution in [3.05, 3.63) is 17.0 Å². The molecule has 0 bridgehead atoms. The molecule has 5 nitrogen and oxygen atoms in total. The Labute approximate surface area is 108 Å². The average Bonchev–Trinajstić information content (AvgIpc) is 2.53. The minimum atomic E-state index is -0.0386. The van der Waals surface area contributed by atoms with Crippen molar-refractivity contribution in [1.29, 1.82) is 5.26 Å². The highest BCUT2D eigenvalue weighted by atomic mass is 16.2. The number of hydrogen-bond acceptors (Lipinski definition) is 3. The first-order chi connectivity index (χ1) is 8.40. The maximum absolute atomic E-state index is 12.5. The number of carbonyl (C=O) groups excluding carboxylic acids is 1. The van der Waals surface area contributed by atoms with E-state index in [0.29, 0.717) is 18.5 Å². The van der Waals surface area contributed by atoms with E-state index in [2.05, 4.69) is 11.2 Å². The highest BCUT2D eigenvalue weighted by Gasteiger charge is 2.24. The van der Waals surface area contributed by atoms with Gasteiger partial charge in [0.15, 0.2) is 0 Å². The van der Waals surface area contributed by atoms with Crippen LogP contribution in [0.15, 0.2) is 0 Å². The van der Waals surface area contributed by atoms with Gasteiger partial charge in [-0.2, -0.15) is 10.4 Å². The van der Waals surface area contributed by atoms with Crippen molar-refractivity contribution < 1.29 is 4.79 Å². The molecular weight excluding hydrogens is 228 g/mol. The zero-order valence-corrected chi connectivity index (χ0v) is 11.7.